The Morgan fingerprint density at radius 3 is 2.66 bits per heavy atom. The lowest BCUT2D eigenvalue weighted by molar-refractivity contribution is 0.0984. The van der Waals surface area contributed by atoms with Gasteiger partial charge in [0.2, 0.25) is 15.8 Å². The van der Waals surface area contributed by atoms with E-state index in [1.165, 1.54) is 16.1 Å². The number of terminal acetylenes is 1. The van der Waals surface area contributed by atoms with Crippen molar-refractivity contribution in [2.45, 2.75) is 46.0 Å². The number of imidazole rings is 1. The van der Waals surface area contributed by atoms with E-state index >= 15 is 0 Å². The summed E-state index contributed by atoms with van der Waals surface area (Å²) in [5, 5.41) is 0. The van der Waals surface area contributed by atoms with Gasteiger partial charge in [0.25, 0.3) is 0 Å². The van der Waals surface area contributed by atoms with Gasteiger partial charge in [-0.2, -0.15) is 0 Å². The van der Waals surface area contributed by atoms with Crippen LogP contribution in [0.4, 0.5) is 0 Å². The van der Waals surface area contributed by atoms with Gasteiger partial charge in [-0.3, -0.25) is 4.79 Å². The van der Waals surface area contributed by atoms with Gasteiger partial charge in [0, 0.05) is 20.5 Å². The normalized spacial score (nSPS) is 15.9. The Bertz CT molecular complexity index is 1180. The minimum absolute atomic E-state index is 0.0467. The molecule has 0 atom stereocenters. The molecule has 1 N–H and O–H groups in total. The van der Waals surface area contributed by atoms with Crippen molar-refractivity contribution >= 4 is 21.4 Å². The molecule has 0 unspecified atom stereocenters. The standard InChI is InChI=1S/C25H31N3O3S/c1-6-21-17-26-24(27-21)23(29)16-20-8-7-18(11-14-32(30,31)28(4)5)15-22(20)19-9-12-25(2,3)13-10-19/h1,7-9,15,17H,10-14,16H2,2-5H3,(H,26,27). The number of aryl methyl sites for hydroxylation is 1. The van der Waals surface area contributed by atoms with Crippen LogP contribution in [0.2, 0.25) is 0 Å². The number of benzene rings is 1. The van der Waals surface area contributed by atoms with Crippen molar-refractivity contribution in [3.05, 3.63) is 58.7 Å². The molecular formula is C25H31N3O3S. The number of nitrogens with zero attached hydrogens (tertiary/aromatic N) is 2. The van der Waals surface area contributed by atoms with Gasteiger partial charge in [-0.1, -0.05) is 44.0 Å². The average molecular weight is 454 g/mol. The number of rotatable bonds is 8. The van der Waals surface area contributed by atoms with E-state index in [0.29, 0.717) is 12.1 Å². The molecule has 170 valence electrons. The molecule has 1 aromatic carbocycles. The van der Waals surface area contributed by atoms with Gasteiger partial charge in [-0.15, -0.1) is 6.42 Å². The third-order valence-electron chi connectivity index (χ3n) is 6.04. The second-order valence-electron chi connectivity index (χ2n) is 9.33. The van der Waals surface area contributed by atoms with Crippen LogP contribution in [0.25, 0.3) is 5.57 Å². The molecule has 0 aliphatic heterocycles. The fourth-order valence-corrected chi connectivity index (χ4v) is 4.63. The largest absolute Gasteiger partial charge is 0.329 e. The van der Waals surface area contributed by atoms with Crippen LogP contribution in [0.5, 0.6) is 0 Å². The molecular weight excluding hydrogens is 422 g/mol. The van der Waals surface area contributed by atoms with Crippen LogP contribution in [0.1, 0.15) is 66.1 Å². The zero-order valence-corrected chi connectivity index (χ0v) is 20.1. The molecule has 0 amide bonds. The molecule has 1 aliphatic rings. The van der Waals surface area contributed by atoms with E-state index in [9.17, 15) is 13.2 Å². The van der Waals surface area contributed by atoms with E-state index in [2.05, 4.69) is 35.8 Å². The third kappa shape index (κ3) is 5.76. The van der Waals surface area contributed by atoms with E-state index < -0.39 is 10.0 Å². The zero-order valence-electron chi connectivity index (χ0n) is 19.2. The Hall–Kier alpha value is -2.69. The fraction of sp³-hybridized carbons (Fsp3) is 0.440. The number of hydrogen-bond acceptors (Lipinski definition) is 4. The monoisotopic (exact) mass is 453 g/mol. The summed E-state index contributed by atoms with van der Waals surface area (Å²) in [6, 6.07) is 5.91. The molecule has 1 heterocycles. The molecule has 32 heavy (non-hydrogen) atoms. The van der Waals surface area contributed by atoms with Crippen LogP contribution in [0.15, 0.2) is 30.5 Å². The molecule has 1 aromatic heterocycles. The lowest BCUT2D eigenvalue weighted by Gasteiger charge is -2.29. The van der Waals surface area contributed by atoms with Crippen molar-refractivity contribution in [1.82, 2.24) is 14.3 Å². The highest BCUT2D eigenvalue weighted by atomic mass is 32.2. The number of allylic oxidation sites excluding steroid dienone is 2. The minimum Gasteiger partial charge on any atom is -0.329 e. The fourth-order valence-electron chi connectivity index (χ4n) is 3.78. The number of aromatic nitrogens is 2. The number of aromatic amines is 1. The summed E-state index contributed by atoms with van der Waals surface area (Å²) in [6.45, 7) is 4.51. The predicted molar refractivity (Wildman–Crippen MR) is 128 cm³/mol. The van der Waals surface area contributed by atoms with Gasteiger partial charge in [0.1, 0.15) is 5.69 Å². The molecule has 1 aliphatic carbocycles. The molecule has 0 saturated heterocycles. The molecule has 6 nitrogen and oxygen atoms in total. The summed E-state index contributed by atoms with van der Waals surface area (Å²) in [5.74, 6) is 2.61. The second-order valence-corrected chi connectivity index (χ2v) is 11.6. The summed E-state index contributed by atoms with van der Waals surface area (Å²) in [4.78, 5) is 19.8. The number of nitrogens with one attached hydrogen (secondary N) is 1. The van der Waals surface area contributed by atoms with Gasteiger partial charge < -0.3 is 4.98 Å². The van der Waals surface area contributed by atoms with Gasteiger partial charge in [0.15, 0.2) is 5.82 Å². The van der Waals surface area contributed by atoms with Crippen molar-refractivity contribution in [3.8, 4) is 12.3 Å². The highest BCUT2D eigenvalue weighted by Gasteiger charge is 2.24. The van der Waals surface area contributed by atoms with Crippen LogP contribution in [-0.2, 0) is 22.9 Å². The van der Waals surface area contributed by atoms with Crippen LogP contribution in [-0.4, -0.2) is 48.3 Å². The van der Waals surface area contributed by atoms with E-state index in [1.807, 2.05) is 18.2 Å². The Morgan fingerprint density at radius 2 is 2.06 bits per heavy atom. The highest BCUT2D eigenvalue weighted by Crippen LogP contribution is 2.39. The van der Waals surface area contributed by atoms with Crippen LogP contribution < -0.4 is 0 Å². The molecule has 0 spiro atoms. The first-order chi connectivity index (χ1) is 15.0. The van der Waals surface area contributed by atoms with E-state index in [0.717, 1.165) is 36.0 Å². The number of Topliss-reactive ketones (excluding diaryl/α,β-unsaturated/α-hetero) is 1. The molecule has 0 fully saturated rings. The summed E-state index contributed by atoms with van der Waals surface area (Å²) >= 11 is 0. The second kappa shape index (κ2) is 9.43. The summed E-state index contributed by atoms with van der Waals surface area (Å²) in [7, 11) is -0.187. The highest BCUT2D eigenvalue weighted by molar-refractivity contribution is 7.89. The number of carbonyl (C=O) groups excluding carboxylic acids is 1. The summed E-state index contributed by atoms with van der Waals surface area (Å²) < 4.78 is 25.7. The SMILES string of the molecule is C#Cc1cnc(C(=O)Cc2ccc(CCS(=O)(=O)N(C)C)cc2C2=CCC(C)(C)CC2)[nH]1. The number of hydrogen-bond donors (Lipinski definition) is 1. The summed E-state index contributed by atoms with van der Waals surface area (Å²) in [5.41, 5.74) is 4.84. The maximum absolute atomic E-state index is 12.8. The molecule has 0 bridgehead atoms. The molecule has 2 aromatic rings. The quantitative estimate of drug-likeness (QED) is 0.486. The Labute approximate surface area is 191 Å². The van der Waals surface area contributed by atoms with Crippen molar-refractivity contribution in [3.63, 3.8) is 0 Å². The molecule has 7 heteroatoms. The van der Waals surface area contributed by atoms with Gasteiger partial charge in [-0.25, -0.2) is 17.7 Å². The van der Waals surface area contributed by atoms with Crippen LogP contribution in [0, 0.1) is 17.8 Å². The molecule has 0 radical (unpaired) electrons. The molecule has 3 rings (SSSR count). The Morgan fingerprint density at radius 1 is 1.31 bits per heavy atom. The zero-order chi connectivity index (χ0) is 23.5. The lowest BCUT2D eigenvalue weighted by atomic mass is 9.76. The Balaban J connectivity index is 1.91. The van der Waals surface area contributed by atoms with Crippen molar-refractivity contribution in [2.75, 3.05) is 19.8 Å². The van der Waals surface area contributed by atoms with Gasteiger partial charge in [0.05, 0.1) is 11.9 Å². The number of carbonyl (C=O) groups is 1. The Kier molecular flexibility index (Phi) is 7.06. The average Bonchev–Trinajstić information content (AvgIpc) is 3.22. The van der Waals surface area contributed by atoms with Gasteiger partial charge in [-0.05, 0) is 53.4 Å². The molecule has 0 saturated carbocycles. The number of sulfonamides is 1. The van der Waals surface area contributed by atoms with Crippen LogP contribution in [0.3, 0.4) is 0 Å². The first-order valence-electron chi connectivity index (χ1n) is 10.8. The predicted octanol–water partition coefficient (Wildman–Crippen LogP) is 3.84. The van der Waals surface area contributed by atoms with E-state index in [1.54, 1.807) is 14.1 Å². The third-order valence-corrected chi connectivity index (χ3v) is 7.88. The van der Waals surface area contributed by atoms with Crippen molar-refractivity contribution in [2.24, 2.45) is 5.41 Å². The van der Waals surface area contributed by atoms with Crippen LogP contribution >= 0.6 is 0 Å². The van der Waals surface area contributed by atoms with E-state index in [-0.39, 0.29) is 29.2 Å². The van der Waals surface area contributed by atoms with Crippen molar-refractivity contribution < 1.29 is 13.2 Å². The minimum atomic E-state index is -3.28. The first-order valence-corrected chi connectivity index (χ1v) is 12.4. The number of H-pyrrole nitrogens is 1. The lowest BCUT2D eigenvalue weighted by Crippen LogP contribution is -2.26. The smallest absolute Gasteiger partial charge is 0.213 e. The maximum Gasteiger partial charge on any atom is 0.213 e. The summed E-state index contributed by atoms with van der Waals surface area (Å²) in [6.07, 6.45) is 12.7. The maximum atomic E-state index is 12.8. The number of ketones is 1. The topological polar surface area (TPSA) is 83.1 Å². The van der Waals surface area contributed by atoms with E-state index in [4.69, 9.17) is 6.42 Å². The van der Waals surface area contributed by atoms with Crippen molar-refractivity contribution in [1.29, 1.82) is 0 Å². The van der Waals surface area contributed by atoms with Gasteiger partial charge >= 0.3 is 0 Å². The first kappa shape index (κ1) is 24.0.